The lowest BCUT2D eigenvalue weighted by Gasteiger charge is -2.07. The van der Waals surface area contributed by atoms with Crippen LogP contribution >= 0.6 is 0 Å². The monoisotopic (exact) mass is 282 g/mol. The van der Waals surface area contributed by atoms with Gasteiger partial charge in [0, 0.05) is 38.6 Å². The topological polar surface area (TPSA) is 67.4 Å². The van der Waals surface area contributed by atoms with Crippen molar-refractivity contribution in [3.05, 3.63) is 0 Å². The molecule has 0 spiro atoms. The van der Waals surface area contributed by atoms with Crippen LogP contribution in [0.25, 0.3) is 0 Å². The standard InChI is InChI=1S/C15H26N2O3/c1-11-9-13(11)15(19)17-7-5-14(18)16-6-2-8-20-10-12-3-4-12/h11-13H,2-10H2,1H3,(H,16,18)(H,17,19). The summed E-state index contributed by atoms with van der Waals surface area (Å²) < 4.78 is 5.49. The molecule has 0 aliphatic heterocycles. The second-order valence-electron chi connectivity index (χ2n) is 6.08. The summed E-state index contributed by atoms with van der Waals surface area (Å²) in [5, 5.41) is 5.66. The zero-order chi connectivity index (χ0) is 14.4. The lowest BCUT2D eigenvalue weighted by Crippen LogP contribution is -2.32. The first kappa shape index (κ1) is 15.3. The molecule has 2 aliphatic carbocycles. The average molecular weight is 282 g/mol. The van der Waals surface area contributed by atoms with Gasteiger partial charge in [0.1, 0.15) is 0 Å². The molecule has 0 aromatic rings. The van der Waals surface area contributed by atoms with E-state index in [1.54, 1.807) is 0 Å². The van der Waals surface area contributed by atoms with E-state index in [1.165, 1.54) is 12.8 Å². The highest BCUT2D eigenvalue weighted by atomic mass is 16.5. The van der Waals surface area contributed by atoms with Gasteiger partial charge in [-0.05, 0) is 37.5 Å². The molecule has 2 fully saturated rings. The molecule has 5 nitrogen and oxygen atoms in total. The highest BCUT2D eigenvalue weighted by Gasteiger charge is 2.38. The summed E-state index contributed by atoms with van der Waals surface area (Å²) in [6.45, 7) is 4.75. The SMILES string of the molecule is CC1CC1C(=O)NCCC(=O)NCCCOCC1CC1. The van der Waals surface area contributed by atoms with Crippen molar-refractivity contribution in [1.82, 2.24) is 10.6 Å². The first-order valence-corrected chi connectivity index (χ1v) is 7.79. The minimum absolute atomic E-state index is 0.00339. The number of hydrogen-bond donors (Lipinski definition) is 2. The molecule has 0 aromatic carbocycles. The summed E-state index contributed by atoms with van der Waals surface area (Å²) in [4.78, 5) is 23.1. The van der Waals surface area contributed by atoms with Gasteiger partial charge in [-0.1, -0.05) is 6.92 Å². The molecular weight excluding hydrogens is 256 g/mol. The van der Waals surface area contributed by atoms with Crippen molar-refractivity contribution in [2.45, 2.75) is 39.0 Å². The Labute approximate surface area is 120 Å². The van der Waals surface area contributed by atoms with E-state index in [0.29, 0.717) is 32.0 Å². The van der Waals surface area contributed by atoms with Crippen LogP contribution in [0.2, 0.25) is 0 Å². The van der Waals surface area contributed by atoms with Crippen LogP contribution in [0, 0.1) is 17.8 Å². The number of ether oxygens (including phenoxy) is 1. The summed E-state index contributed by atoms with van der Waals surface area (Å²) in [6, 6.07) is 0. The Morgan fingerprint density at radius 3 is 2.60 bits per heavy atom. The quantitative estimate of drug-likeness (QED) is 0.589. The zero-order valence-electron chi connectivity index (χ0n) is 12.3. The lowest BCUT2D eigenvalue weighted by molar-refractivity contribution is -0.123. The maximum absolute atomic E-state index is 11.5. The molecule has 2 atom stereocenters. The van der Waals surface area contributed by atoms with Gasteiger partial charge in [0.2, 0.25) is 11.8 Å². The molecule has 2 rings (SSSR count). The van der Waals surface area contributed by atoms with E-state index in [2.05, 4.69) is 17.6 Å². The van der Waals surface area contributed by atoms with E-state index in [4.69, 9.17) is 4.74 Å². The molecule has 2 unspecified atom stereocenters. The summed E-state index contributed by atoms with van der Waals surface area (Å²) >= 11 is 0. The number of carbonyl (C=O) groups excluding carboxylic acids is 2. The van der Waals surface area contributed by atoms with Gasteiger partial charge in [0.25, 0.3) is 0 Å². The normalized spacial score (nSPS) is 24.2. The van der Waals surface area contributed by atoms with Crippen LogP contribution in [0.15, 0.2) is 0 Å². The molecule has 0 bridgehead atoms. The third kappa shape index (κ3) is 5.90. The minimum Gasteiger partial charge on any atom is -0.381 e. The maximum Gasteiger partial charge on any atom is 0.223 e. The summed E-state index contributed by atoms with van der Waals surface area (Å²) in [6.07, 6.45) is 4.81. The van der Waals surface area contributed by atoms with Crippen LogP contribution in [-0.4, -0.2) is 38.1 Å². The highest BCUT2D eigenvalue weighted by Crippen LogP contribution is 2.37. The predicted molar refractivity (Wildman–Crippen MR) is 76.1 cm³/mol. The predicted octanol–water partition coefficient (Wildman–Crippen LogP) is 1.08. The van der Waals surface area contributed by atoms with Gasteiger partial charge in [0.15, 0.2) is 0 Å². The Morgan fingerprint density at radius 2 is 1.95 bits per heavy atom. The first-order chi connectivity index (χ1) is 9.66. The highest BCUT2D eigenvalue weighted by molar-refractivity contribution is 5.82. The molecule has 0 saturated heterocycles. The van der Waals surface area contributed by atoms with Crippen molar-refractivity contribution in [2.24, 2.45) is 17.8 Å². The van der Waals surface area contributed by atoms with Gasteiger partial charge in [-0.3, -0.25) is 9.59 Å². The van der Waals surface area contributed by atoms with E-state index >= 15 is 0 Å². The maximum atomic E-state index is 11.5. The van der Waals surface area contributed by atoms with Crippen LogP contribution in [0.5, 0.6) is 0 Å². The number of amides is 2. The molecule has 0 heterocycles. The smallest absolute Gasteiger partial charge is 0.223 e. The second kappa shape index (κ2) is 7.62. The van der Waals surface area contributed by atoms with E-state index in [-0.39, 0.29) is 17.7 Å². The van der Waals surface area contributed by atoms with E-state index in [1.807, 2.05) is 0 Å². The van der Waals surface area contributed by atoms with E-state index in [9.17, 15) is 9.59 Å². The van der Waals surface area contributed by atoms with Crippen LogP contribution in [0.4, 0.5) is 0 Å². The molecule has 20 heavy (non-hydrogen) atoms. The van der Waals surface area contributed by atoms with Gasteiger partial charge in [-0.2, -0.15) is 0 Å². The zero-order valence-corrected chi connectivity index (χ0v) is 12.3. The Morgan fingerprint density at radius 1 is 1.20 bits per heavy atom. The van der Waals surface area contributed by atoms with Crippen molar-refractivity contribution >= 4 is 11.8 Å². The number of carbonyl (C=O) groups is 2. The number of hydrogen-bond acceptors (Lipinski definition) is 3. The largest absolute Gasteiger partial charge is 0.381 e. The molecule has 2 aliphatic rings. The van der Waals surface area contributed by atoms with Crippen molar-refractivity contribution in [3.63, 3.8) is 0 Å². The summed E-state index contributed by atoms with van der Waals surface area (Å²) in [7, 11) is 0. The number of rotatable bonds is 10. The first-order valence-electron chi connectivity index (χ1n) is 7.79. The van der Waals surface area contributed by atoms with Crippen LogP contribution in [-0.2, 0) is 14.3 Å². The van der Waals surface area contributed by atoms with Crippen molar-refractivity contribution in [2.75, 3.05) is 26.3 Å². The second-order valence-corrected chi connectivity index (χ2v) is 6.08. The fourth-order valence-corrected chi connectivity index (χ4v) is 2.14. The molecule has 0 radical (unpaired) electrons. The minimum atomic E-state index is -0.00339. The molecular formula is C15H26N2O3. The molecule has 114 valence electrons. The fraction of sp³-hybridized carbons (Fsp3) is 0.867. The Kier molecular flexibility index (Phi) is 5.83. The van der Waals surface area contributed by atoms with Crippen LogP contribution in [0.3, 0.4) is 0 Å². The van der Waals surface area contributed by atoms with Gasteiger partial charge >= 0.3 is 0 Å². The van der Waals surface area contributed by atoms with Gasteiger partial charge in [-0.15, -0.1) is 0 Å². The summed E-state index contributed by atoms with van der Waals surface area (Å²) in [5.41, 5.74) is 0. The van der Waals surface area contributed by atoms with E-state index in [0.717, 1.165) is 25.4 Å². The number of nitrogens with one attached hydrogen (secondary N) is 2. The Balaban J connectivity index is 1.37. The molecule has 5 heteroatoms. The molecule has 2 amide bonds. The van der Waals surface area contributed by atoms with Crippen molar-refractivity contribution in [3.8, 4) is 0 Å². The van der Waals surface area contributed by atoms with Crippen LogP contribution < -0.4 is 10.6 Å². The third-order valence-corrected chi connectivity index (χ3v) is 3.94. The van der Waals surface area contributed by atoms with E-state index < -0.39 is 0 Å². The molecule has 2 N–H and O–H groups in total. The molecule has 0 aromatic heterocycles. The Bertz CT molecular complexity index is 342. The molecule has 2 saturated carbocycles. The fourth-order valence-electron chi connectivity index (χ4n) is 2.14. The Hall–Kier alpha value is -1.10. The van der Waals surface area contributed by atoms with Crippen molar-refractivity contribution < 1.29 is 14.3 Å². The third-order valence-electron chi connectivity index (χ3n) is 3.94. The van der Waals surface area contributed by atoms with Crippen LogP contribution in [0.1, 0.15) is 39.0 Å². The van der Waals surface area contributed by atoms with Crippen molar-refractivity contribution in [1.29, 1.82) is 0 Å². The average Bonchev–Trinajstić information content (AvgIpc) is 3.30. The van der Waals surface area contributed by atoms with Gasteiger partial charge in [0.05, 0.1) is 0 Å². The summed E-state index contributed by atoms with van der Waals surface area (Å²) in [5.74, 6) is 1.58. The lowest BCUT2D eigenvalue weighted by atomic mass is 10.3. The van der Waals surface area contributed by atoms with Gasteiger partial charge < -0.3 is 15.4 Å². The van der Waals surface area contributed by atoms with Gasteiger partial charge in [-0.25, -0.2) is 0 Å².